The topological polar surface area (TPSA) is 32.3 Å². The molecule has 2 aromatic carbocycles. The van der Waals surface area contributed by atoms with Gasteiger partial charge in [0, 0.05) is 17.9 Å². The summed E-state index contributed by atoms with van der Waals surface area (Å²) in [5.41, 5.74) is -0.0138. The first kappa shape index (κ1) is 18.1. The summed E-state index contributed by atoms with van der Waals surface area (Å²) in [5.74, 6) is -0.243. The van der Waals surface area contributed by atoms with Crippen LogP contribution in [0.4, 0.5) is 24.5 Å². The number of nitrogens with zero attached hydrogens (tertiary/aromatic N) is 1. The Morgan fingerprint density at radius 1 is 1.17 bits per heavy atom. The quantitative estimate of drug-likeness (QED) is 0.832. The molecule has 0 aromatic heterocycles. The first-order valence-electron chi connectivity index (χ1n) is 7.29. The molecule has 0 spiro atoms. The summed E-state index contributed by atoms with van der Waals surface area (Å²) in [7, 11) is 0. The molecule has 0 aliphatic heterocycles. The molecule has 1 amide bonds. The Morgan fingerprint density at radius 2 is 1.83 bits per heavy atom. The molecule has 0 aliphatic rings. The minimum absolute atomic E-state index is 0.123. The van der Waals surface area contributed by atoms with Gasteiger partial charge in [-0.25, -0.2) is 0 Å². The summed E-state index contributed by atoms with van der Waals surface area (Å²) < 4.78 is 38.5. The summed E-state index contributed by atoms with van der Waals surface area (Å²) in [4.78, 5) is 13.9. The lowest BCUT2D eigenvalue weighted by Crippen LogP contribution is -2.35. The fourth-order valence-corrected chi connectivity index (χ4v) is 2.46. The van der Waals surface area contributed by atoms with Gasteiger partial charge in [0.2, 0.25) is 5.91 Å². The van der Waals surface area contributed by atoms with Crippen molar-refractivity contribution in [1.29, 1.82) is 0 Å². The Bertz CT molecular complexity index is 705. The molecule has 2 aromatic rings. The molecule has 0 saturated heterocycles. The van der Waals surface area contributed by atoms with Crippen molar-refractivity contribution in [2.45, 2.75) is 13.1 Å². The highest BCUT2D eigenvalue weighted by atomic mass is 35.5. The minimum atomic E-state index is -4.54. The van der Waals surface area contributed by atoms with Gasteiger partial charge in [-0.15, -0.1) is 0 Å². The number of anilines is 2. The van der Waals surface area contributed by atoms with Gasteiger partial charge in [0.15, 0.2) is 0 Å². The molecule has 0 saturated carbocycles. The second-order valence-electron chi connectivity index (χ2n) is 5.02. The van der Waals surface area contributed by atoms with Gasteiger partial charge in [0.25, 0.3) is 0 Å². The Kier molecular flexibility index (Phi) is 5.72. The van der Waals surface area contributed by atoms with E-state index in [4.69, 9.17) is 11.6 Å². The maximum atomic E-state index is 12.8. The van der Waals surface area contributed by atoms with Crippen LogP contribution in [-0.2, 0) is 11.0 Å². The van der Waals surface area contributed by atoms with Crippen LogP contribution in [0.2, 0.25) is 5.02 Å². The van der Waals surface area contributed by atoms with E-state index in [1.807, 2.05) is 25.1 Å². The molecule has 0 fully saturated rings. The molecule has 128 valence electrons. The van der Waals surface area contributed by atoms with Crippen LogP contribution in [0, 0.1) is 0 Å². The summed E-state index contributed by atoms with van der Waals surface area (Å²) in [6, 6.07) is 12.5. The number of hydrogen-bond acceptors (Lipinski definition) is 2. The zero-order valence-electron chi connectivity index (χ0n) is 12.9. The summed E-state index contributed by atoms with van der Waals surface area (Å²) in [6.07, 6.45) is -4.54. The monoisotopic (exact) mass is 356 g/mol. The number of alkyl halides is 3. The summed E-state index contributed by atoms with van der Waals surface area (Å²) in [5, 5.41) is 2.34. The van der Waals surface area contributed by atoms with Crippen molar-refractivity contribution in [1.82, 2.24) is 0 Å². The predicted octanol–water partition coefficient (Wildman–Crippen LogP) is 4.82. The SMILES string of the molecule is CCN(C(=O)CNc1ccc(Cl)c(C(F)(F)F)c1)c1ccccc1. The van der Waals surface area contributed by atoms with E-state index in [1.165, 1.54) is 6.07 Å². The molecule has 2 rings (SSSR count). The van der Waals surface area contributed by atoms with Gasteiger partial charge in [-0.2, -0.15) is 13.2 Å². The van der Waals surface area contributed by atoms with Crippen LogP contribution in [0.15, 0.2) is 48.5 Å². The van der Waals surface area contributed by atoms with Crippen LogP contribution in [0.1, 0.15) is 12.5 Å². The highest BCUT2D eigenvalue weighted by Gasteiger charge is 2.33. The number of carbonyl (C=O) groups is 1. The van der Waals surface area contributed by atoms with Crippen molar-refractivity contribution < 1.29 is 18.0 Å². The third-order valence-electron chi connectivity index (χ3n) is 3.40. The van der Waals surface area contributed by atoms with Gasteiger partial charge in [-0.05, 0) is 37.3 Å². The van der Waals surface area contributed by atoms with Gasteiger partial charge in [0.1, 0.15) is 0 Å². The second-order valence-corrected chi connectivity index (χ2v) is 5.43. The second kappa shape index (κ2) is 7.57. The number of hydrogen-bond donors (Lipinski definition) is 1. The zero-order chi connectivity index (χ0) is 17.7. The third kappa shape index (κ3) is 4.41. The maximum Gasteiger partial charge on any atom is 0.417 e. The highest BCUT2D eigenvalue weighted by molar-refractivity contribution is 6.31. The lowest BCUT2D eigenvalue weighted by molar-refractivity contribution is -0.137. The average molecular weight is 357 g/mol. The predicted molar refractivity (Wildman–Crippen MR) is 89.4 cm³/mol. The van der Waals surface area contributed by atoms with E-state index in [9.17, 15) is 18.0 Å². The lowest BCUT2D eigenvalue weighted by Gasteiger charge is -2.21. The van der Waals surface area contributed by atoms with Crippen LogP contribution in [0.25, 0.3) is 0 Å². The largest absolute Gasteiger partial charge is 0.417 e. The van der Waals surface area contributed by atoms with E-state index < -0.39 is 11.7 Å². The van der Waals surface area contributed by atoms with E-state index in [-0.39, 0.29) is 23.2 Å². The number of benzene rings is 2. The van der Waals surface area contributed by atoms with E-state index in [1.54, 1.807) is 17.0 Å². The van der Waals surface area contributed by atoms with Crippen molar-refractivity contribution >= 4 is 28.9 Å². The molecule has 0 aliphatic carbocycles. The first-order chi connectivity index (χ1) is 11.3. The highest BCUT2D eigenvalue weighted by Crippen LogP contribution is 2.36. The third-order valence-corrected chi connectivity index (χ3v) is 3.73. The fourth-order valence-electron chi connectivity index (χ4n) is 2.24. The Hall–Kier alpha value is -2.21. The van der Waals surface area contributed by atoms with Gasteiger partial charge < -0.3 is 10.2 Å². The number of rotatable bonds is 5. The molecule has 0 unspecified atom stereocenters. The van der Waals surface area contributed by atoms with Crippen LogP contribution < -0.4 is 10.2 Å². The minimum Gasteiger partial charge on any atom is -0.376 e. The molecular formula is C17H16ClF3N2O. The molecule has 7 heteroatoms. The smallest absolute Gasteiger partial charge is 0.376 e. The van der Waals surface area contributed by atoms with Crippen molar-refractivity contribution in [2.75, 3.05) is 23.3 Å². The van der Waals surface area contributed by atoms with Crippen LogP contribution in [0.3, 0.4) is 0 Å². The van der Waals surface area contributed by atoms with Crippen LogP contribution >= 0.6 is 11.6 Å². The standard InChI is InChI=1S/C17H16ClF3N2O/c1-2-23(13-6-4-3-5-7-13)16(24)11-22-12-8-9-15(18)14(10-12)17(19,20)21/h3-10,22H,2,11H2,1H3. The molecule has 0 heterocycles. The Balaban J connectivity index is 2.09. The Morgan fingerprint density at radius 3 is 2.42 bits per heavy atom. The van der Waals surface area contributed by atoms with Crippen LogP contribution in [0.5, 0.6) is 0 Å². The molecule has 0 atom stereocenters. The summed E-state index contributed by atoms with van der Waals surface area (Å²) in [6.45, 7) is 2.16. The normalized spacial score (nSPS) is 11.2. The number of carbonyl (C=O) groups excluding carboxylic acids is 1. The molecule has 0 radical (unpaired) electrons. The van der Waals surface area contributed by atoms with Gasteiger partial charge in [-0.1, -0.05) is 29.8 Å². The van der Waals surface area contributed by atoms with E-state index in [2.05, 4.69) is 5.32 Å². The molecule has 24 heavy (non-hydrogen) atoms. The number of halogens is 4. The average Bonchev–Trinajstić information content (AvgIpc) is 2.54. The number of amides is 1. The van der Waals surface area contributed by atoms with Crippen molar-refractivity contribution in [3.8, 4) is 0 Å². The van der Waals surface area contributed by atoms with Crippen LogP contribution in [-0.4, -0.2) is 19.0 Å². The summed E-state index contributed by atoms with van der Waals surface area (Å²) >= 11 is 5.57. The van der Waals surface area contributed by atoms with Gasteiger partial charge in [-0.3, -0.25) is 4.79 Å². The fraction of sp³-hybridized carbons (Fsp3) is 0.235. The molecule has 1 N–H and O–H groups in total. The maximum absolute atomic E-state index is 12.8. The van der Waals surface area contributed by atoms with Crippen molar-refractivity contribution in [3.63, 3.8) is 0 Å². The van der Waals surface area contributed by atoms with E-state index in [0.29, 0.717) is 6.54 Å². The van der Waals surface area contributed by atoms with E-state index in [0.717, 1.165) is 17.8 Å². The number of para-hydroxylation sites is 1. The van der Waals surface area contributed by atoms with Crippen molar-refractivity contribution in [2.24, 2.45) is 0 Å². The lowest BCUT2D eigenvalue weighted by atomic mass is 10.2. The molecule has 0 bridgehead atoms. The van der Waals surface area contributed by atoms with Crippen molar-refractivity contribution in [3.05, 3.63) is 59.1 Å². The number of nitrogens with one attached hydrogen (secondary N) is 1. The Labute approximate surface area is 143 Å². The molecule has 3 nitrogen and oxygen atoms in total. The number of likely N-dealkylation sites (N-methyl/N-ethyl adjacent to an activating group) is 1. The van der Waals surface area contributed by atoms with Gasteiger partial charge in [0.05, 0.1) is 17.1 Å². The first-order valence-corrected chi connectivity index (χ1v) is 7.66. The molecular weight excluding hydrogens is 341 g/mol. The zero-order valence-corrected chi connectivity index (χ0v) is 13.7. The van der Waals surface area contributed by atoms with E-state index >= 15 is 0 Å². The van der Waals surface area contributed by atoms with Gasteiger partial charge >= 0.3 is 6.18 Å².